The van der Waals surface area contributed by atoms with E-state index >= 15 is 0 Å². The van der Waals surface area contributed by atoms with Crippen molar-refractivity contribution in [2.24, 2.45) is 5.73 Å². The standard InChI is InChI=1S/C10H20N2O2/c1-3-8(11)9(13)12-10(2)5-4-6-14-7-10/h8H,3-7,11H2,1-2H3,(H,12,13)/t8-,10?/m1/s1. The number of ether oxygens (including phenoxy) is 1. The number of rotatable bonds is 3. The van der Waals surface area contributed by atoms with E-state index in [1.54, 1.807) is 0 Å². The lowest BCUT2D eigenvalue weighted by atomic mass is 9.94. The van der Waals surface area contributed by atoms with Crippen LogP contribution in [0.2, 0.25) is 0 Å². The first-order valence-electron chi connectivity index (χ1n) is 5.23. The number of hydrogen-bond donors (Lipinski definition) is 2. The van der Waals surface area contributed by atoms with Gasteiger partial charge in [-0.3, -0.25) is 4.79 Å². The molecule has 1 unspecified atom stereocenters. The molecular weight excluding hydrogens is 180 g/mol. The van der Waals surface area contributed by atoms with E-state index in [2.05, 4.69) is 5.32 Å². The molecular formula is C10H20N2O2. The average molecular weight is 200 g/mol. The molecule has 1 aliphatic rings. The van der Waals surface area contributed by atoms with Crippen molar-refractivity contribution in [3.63, 3.8) is 0 Å². The third-order valence-electron chi connectivity index (χ3n) is 2.64. The van der Waals surface area contributed by atoms with Gasteiger partial charge in [-0.1, -0.05) is 6.92 Å². The Morgan fingerprint density at radius 1 is 1.71 bits per heavy atom. The van der Waals surface area contributed by atoms with Crippen LogP contribution in [0.1, 0.15) is 33.1 Å². The summed E-state index contributed by atoms with van der Waals surface area (Å²) in [5, 5.41) is 2.96. The Morgan fingerprint density at radius 2 is 2.43 bits per heavy atom. The van der Waals surface area contributed by atoms with Crippen LogP contribution in [0.3, 0.4) is 0 Å². The maximum Gasteiger partial charge on any atom is 0.237 e. The minimum Gasteiger partial charge on any atom is -0.379 e. The summed E-state index contributed by atoms with van der Waals surface area (Å²) in [4.78, 5) is 11.6. The monoisotopic (exact) mass is 200 g/mol. The molecule has 1 fully saturated rings. The van der Waals surface area contributed by atoms with Crippen LogP contribution in [-0.4, -0.2) is 30.7 Å². The molecule has 1 heterocycles. The minimum atomic E-state index is -0.395. The molecule has 2 atom stereocenters. The molecule has 0 bridgehead atoms. The fourth-order valence-electron chi connectivity index (χ4n) is 1.61. The van der Waals surface area contributed by atoms with Crippen LogP contribution in [0.4, 0.5) is 0 Å². The molecule has 0 aromatic carbocycles. The van der Waals surface area contributed by atoms with Gasteiger partial charge in [0.15, 0.2) is 0 Å². The van der Waals surface area contributed by atoms with Crippen LogP contribution in [0.15, 0.2) is 0 Å². The summed E-state index contributed by atoms with van der Waals surface area (Å²) in [5.74, 6) is -0.0690. The van der Waals surface area contributed by atoms with Crippen LogP contribution >= 0.6 is 0 Å². The number of carbonyl (C=O) groups excluding carboxylic acids is 1. The highest BCUT2D eigenvalue weighted by Crippen LogP contribution is 2.18. The molecule has 0 saturated carbocycles. The summed E-state index contributed by atoms with van der Waals surface area (Å²) in [6, 6.07) is -0.395. The molecule has 3 N–H and O–H groups in total. The first-order chi connectivity index (χ1) is 6.57. The van der Waals surface area contributed by atoms with E-state index in [-0.39, 0.29) is 11.4 Å². The van der Waals surface area contributed by atoms with Crippen molar-refractivity contribution in [1.29, 1.82) is 0 Å². The number of carbonyl (C=O) groups is 1. The molecule has 0 radical (unpaired) electrons. The fraction of sp³-hybridized carbons (Fsp3) is 0.900. The highest BCUT2D eigenvalue weighted by molar-refractivity contribution is 5.82. The maximum atomic E-state index is 11.6. The number of nitrogens with two attached hydrogens (primary N) is 1. The first kappa shape index (κ1) is 11.5. The Morgan fingerprint density at radius 3 is 2.93 bits per heavy atom. The Hall–Kier alpha value is -0.610. The zero-order chi connectivity index (χ0) is 10.6. The maximum absolute atomic E-state index is 11.6. The third-order valence-corrected chi connectivity index (χ3v) is 2.64. The first-order valence-corrected chi connectivity index (χ1v) is 5.23. The zero-order valence-electron chi connectivity index (χ0n) is 9.01. The highest BCUT2D eigenvalue weighted by atomic mass is 16.5. The van der Waals surface area contributed by atoms with Gasteiger partial charge in [-0.2, -0.15) is 0 Å². The van der Waals surface area contributed by atoms with Crippen molar-refractivity contribution in [2.45, 2.75) is 44.7 Å². The molecule has 1 rings (SSSR count). The van der Waals surface area contributed by atoms with Crippen LogP contribution in [0.25, 0.3) is 0 Å². The Kier molecular flexibility index (Phi) is 3.89. The van der Waals surface area contributed by atoms with E-state index < -0.39 is 6.04 Å². The van der Waals surface area contributed by atoms with Crippen LogP contribution < -0.4 is 11.1 Å². The summed E-state index contributed by atoms with van der Waals surface area (Å²) in [5.41, 5.74) is 5.42. The van der Waals surface area contributed by atoms with Gasteiger partial charge in [-0.25, -0.2) is 0 Å². The van der Waals surface area contributed by atoms with Crippen molar-refractivity contribution in [1.82, 2.24) is 5.32 Å². The summed E-state index contributed by atoms with van der Waals surface area (Å²) < 4.78 is 5.34. The Balaban J connectivity index is 2.44. The van der Waals surface area contributed by atoms with E-state index in [4.69, 9.17) is 10.5 Å². The number of nitrogens with one attached hydrogen (secondary N) is 1. The second-order valence-corrected chi connectivity index (χ2v) is 4.22. The normalized spacial score (nSPS) is 29.6. The van der Waals surface area contributed by atoms with E-state index in [1.807, 2.05) is 13.8 Å². The third kappa shape index (κ3) is 2.96. The molecule has 0 aliphatic carbocycles. The van der Waals surface area contributed by atoms with E-state index in [0.717, 1.165) is 19.4 Å². The molecule has 0 aromatic heterocycles. The number of hydrogen-bond acceptors (Lipinski definition) is 3. The smallest absolute Gasteiger partial charge is 0.237 e. The van der Waals surface area contributed by atoms with Gasteiger partial charge < -0.3 is 15.8 Å². The molecule has 1 saturated heterocycles. The lowest BCUT2D eigenvalue weighted by Crippen LogP contribution is -2.55. The molecule has 82 valence electrons. The summed E-state index contributed by atoms with van der Waals surface area (Å²) in [6.45, 7) is 5.30. The lowest BCUT2D eigenvalue weighted by Gasteiger charge is -2.35. The van der Waals surface area contributed by atoms with Crippen LogP contribution in [0, 0.1) is 0 Å². The fourth-order valence-corrected chi connectivity index (χ4v) is 1.61. The van der Waals surface area contributed by atoms with Crippen molar-refractivity contribution >= 4 is 5.91 Å². The van der Waals surface area contributed by atoms with Gasteiger partial charge in [0.05, 0.1) is 18.2 Å². The van der Waals surface area contributed by atoms with E-state index in [9.17, 15) is 4.79 Å². The molecule has 0 spiro atoms. The number of amides is 1. The van der Waals surface area contributed by atoms with Gasteiger partial charge in [-0.15, -0.1) is 0 Å². The molecule has 4 heteroatoms. The second kappa shape index (κ2) is 4.75. The zero-order valence-corrected chi connectivity index (χ0v) is 9.01. The summed E-state index contributed by atoms with van der Waals surface area (Å²) in [6.07, 6.45) is 2.64. The predicted octanol–water partition coefficient (Wildman–Crippen LogP) is 0.409. The minimum absolute atomic E-state index is 0.0690. The molecule has 4 nitrogen and oxygen atoms in total. The van der Waals surface area contributed by atoms with Crippen LogP contribution in [-0.2, 0) is 9.53 Å². The van der Waals surface area contributed by atoms with E-state index in [0.29, 0.717) is 13.0 Å². The Bertz CT molecular complexity index is 200. The van der Waals surface area contributed by atoms with Gasteiger partial charge in [-0.05, 0) is 26.2 Å². The van der Waals surface area contributed by atoms with Gasteiger partial charge in [0.25, 0.3) is 0 Å². The summed E-state index contributed by atoms with van der Waals surface area (Å²) in [7, 11) is 0. The van der Waals surface area contributed by atoms with Crippen molar-refractivity contribution in [3.05, 3.63) is 0 Å². The van der Waals surface area contributed by atoms with Gasteiger partial charge >= 0.3 is 0 Å². The highest BCUT2D eigenvalue weighted by Gasteiger charge is 2.30. The van der Waals surface area contributed by atoms with Crippen molar-refractivity contribution in [2.75, 3.05) is 13.2 Å². The molecule has 14 heavy (non-hydrogen) atoms. The van der Waals surface area contributed by atoms with Crippen molar-refractivity contribution in [3.8, 4) is 0 Å². The van der Waals surface area contributed by atoms with Gasteiger partial charge in [0, 0.05) is 6.61 Å². The summed E-state index contributed by atoms with van der Waals surface area (Å²) >= 11 is 0. The SMILES string of the molecule is CC[C@@H](N)C(=O)NC1(C)CCCOC1. The van der Waals surface area contributed by atoms with Gasteiger partial charge in [0.1, 0.15) is 0 Å². The Labute approximate surface area is 85.2 Å². The lowest BCUT2D eigenvalue weighted by molar-refractivity contribution is -0.126. The molecule has 1 aliphatic heterocycles. The predicted molar refractivity (Wildman–Crippen MR) is 54.9 cm³/mol. The molecule has 0 aromatic rings. The largest absolute Gasteiger partial charge is 0.379 e. The topological polar surface area (TPSA) is 64.4 Å². The van der Waals surface area contributed by atoms with Crippen molar-refractivity contribution < 1.29 is 9.53 Å². The molecule has 1 amide bonds. The van der Waals surface area contributed by atoms with Crippen LogP contribution in [0.5, 0.6) is 0 Å². The quantitative estimate of drug-likeness (QED) is 0.693. The second-order valence-electron chi connectivity index (χ2n) is 4.22. The average Bonchev–Trinajstić information content (AvgIpc) is 2.17. The van der Waals surface area contributed by atoms with E-state index in [1.165, 1.54) is 0 Å². The van der Waals surface area contributed by atoms with Gasteiger partial charge in [0.2, 0.25) is 5.91 Å².